The minimum Gasteiger partial charge on any atom is -0.372 e. The van der Waals surface area contributed by atoms with Crippen LogP contribution < -0.4 is 5.32 Å². The fraction of sp³-hybridized carbons (Fsp3) is 0.600. The summed E-state index contributed by atoms with van der Waals surface area (Å²) < 4.78 is 7.10. The first-order valence-electron chi connectivity index (χ1n) is 6.83. The number of rotatable bonds is 9. The summed E-state index contributed by atoms with van der Waals surface area (Å²) in [6.45, 7) is 7.10. The predicted octanol–water partition coefficient (Wildman–Crippen LogP) is 4.13. The van der Waals surface area contributed by atoms with Gasteiger partial charge in [-0.3, -0.25) is 0 Å². The Morgan fingerprint density at radius 3 is 2.78 bits per heavy atom. The molecule has 0 amide bonds. The second kappa shape index (κ2) is 9.54. The van der Waals surface area contributed by atoms with Crippen molar-refractivity contribution in [2.24, 2.45) is 0 Å². The topological polar surface area (TPSA) is 21.3 Å². The fourth-order valence-electron chi connectivity index (χ4n) is 1.85. The maximum Gasteiger partial charge on any atom is 0.0721 e. The first-order chi connectivity index (χ1) is 8.76. The molecule has 1 N–H and O–H groups in total. The second-order valence-electron chi connectivity index (χ2n) is 4.56. The lowest BCUT2D eigenvalue weighted by molar-refractivity contribution is 0.0349. The van der Waals surface area contributed by atoms with Gasteiger partial charge < -0.3 is 10.1 Å². The molecule has 0 bridgehead atoms. The van der Waals surface area contributed by atoms with Crippen molar-refractivity contribution in [1.29, 1.82) is 0 Å². The van der Waals surface area contributed by atoms with E-state index < -0.39 is 0 Å². The normalized spacial score (nSPS) is 12.6. The summed E-state index contributed by atoms with van der Waals surface area (Å²) >= 11 is 3.48. The molecule has 0 heterocycles. The number of nitrogens with one attached hydrogen (secondary N) is 1. The molecular formula is C15H24BrNO. The SMILES string of the molecule is CCCNCC(CCC)OCc1cccc(Br)c1. The zero-order valence-corrected chi connectivity index (χ0v) is 13.0. The molecule has 0 radical (unpaired) electrons. The molecule has 2 nitrogen and oxygen atoms in total. The van der Waals surface area contributed by atoms with E-state index in [4.69, 9.17) is 4.74 Å². The van der Waals surface area contributed by atoms with E-state index in [0.29, 0.717) is 12.7 Å². The third kappa shape index (κ3) is 6.53. The van der Waals surface area contributed by atoms with Crippen molar-refractivity contribution in [3.05, 3.63) is 34.3 Å². The molecule has 18 heavy (non-hydrogen) atoms. The molecule has 1 unspecified atom stereocenters. The third-order valence-corrected chi connectivity index (χ3v) is 3.28. The molecule has 1 atom stereocenters. The van der Waals surface area contributed by atoms with Crippen LogP contribution in [0.3, 0.4) is 0 Å². The van der Waals surface area contributed by atoms with Crippen LogP contribution in [-0.4, -0.2) is 19.2 Å². The molecule has 0 saturated heterocycles. The molecule has 3 heteroatoms. The van der Waals surface area contributed by atoms with Crippen molar-refractivity contribution in [2.45, 2.75) is 45.8 Å². The molecule has 0 fully saturated rings. The Hall–Kier alpha value is -0.380. The summed E-state index contributed by atoms with van der Waals surface area (Å²) in [5.74, 6) is 0. The van der Waals surface area contributed by atoms with Gasteiger partial charge in [0.05, 0.1) is 12.7 Å². The van der Waals surface area contributed by atoms with Crippen molar-refractivity contribution in [3.63, 3.8) is 0 Å². The summed E-state index contributed by atoms with van der Waals surface area (Å²) in [5, 5.41) is 3.43. The summed E-state index contributed by atoms with van der Waals surface area (Å²) in [7, 11) is 0. The molecule has 0 aliphatic heterocycles. The van der Waals surface area contributed by atoms with Crippen LogP contribution in [0.4, 0.5) is 0 Å². The molecule has 1 aromatic rings. The van der Waals surface area contributed by atoms with Gasteiger partial charge in [0.15, 0.2) is 0 Å². The maximum absolute atomic E-state index is 5.99. The van der Waals surface area contributed by atoms with Gasteiger partial charge in [-0.05, 0) is 37.1 Å². The number of hydrogen-bond acceptors (Lipinski definition) is 2. The van der Waals surface area contributed by atoms with Gasteiger partial charge in [0, 0.05) is 11.0 Å². The highest BCUT2D eigenvalue weighted by Gasteiger charge is 2.07. The largest absolute Gasteiger partial charge is 0.372 e. The van der Waals surface area contributed by atoms with Gasteiger partial charge >= 0.3 is 0 Å². The van der Waals surface area contributed by atoms with Crippen LogP contribution in [0.2, 0.25) is 0 Å². The number of halogens is 1. The van der Waals surface area contributed by atoms with Crippen molar-refractivity contribution in [3.8, 4) is 0 Å². The first-order valence-corrected chi connectivity index (χ1v) is 7.62. The van der Waals surface area contributed by atoms with Crippen LogP contribution in [0, 0.1) is 0 Å². The van der Waals surface area contributed by atoms with E-state index in [9.17, 15) is 0 Å². The average Bonchev–Trinajstić information content (AvgIpc) is 2.36. The Balaban J connectivity index is 2.36. The van der Waals surface area contributed by atoms with Crippen LogP contribution in [-0.2, 0) is 11.3 Å². The predicted molar refractivity (Wildman–Crippen MR) is 80.8 cm³/mol. The smallest absolute Gasteiger partial charge is 0.0721 e. The van der Waals surface area contributed by atoms with Gasteiger partial charge in [-0.15, -0.1) is 0 Å². The van der Waals surface area contributed by atoms with Crippen molar-refractivity contribution < 1.29 is 4.74 Å². The molecular weight excluding hydrogens is 290 g/mol. The lowest BCUT2D eigenvalue weighted by Crippen LogP contribution is -2.29. The number of hydrogen-bond donors (Lipinski definition) is 1. The molecule has 0 spiro atoms. The summed E-state index contributed by atoms with van der Waals surface area (Å²) in [6.07, 6.45) is 3.77. The van der Waals surface area contributed by atoms with Crippen molar-refractivity contribution in [2.75, 3.05) is 13.1 Å². The van der Waals surface area contributed by atoms with Gasteiger partial charge in [-0.2, -0.15) is 0 Å². The van der Waals surface area contributed by atoms with E-state index >= 15 is 0 Å². The monoisotopic (exact) mass is 313 g/mol. The molecule has 1 aromatic carbocycles. The molecule has 0 saturated carbocycles. The van der Waals surface area contributed by atoms with Crippen molar-refractivity contribution >= 4 is 15.9 Å². The summed E-state index contributed by atoms with van der Waals surface area (Å²) in [4.78, 5) is 0. The van der Waals surface area contributed by atoms with E-state index in [2.05, 4.69) is 47.2 Å². The van der Waals surface area contributed by atoms with E-state index in [0.717, 1.165) is 30.4 Å². The summed E-state index contributed by atoms with van der Waals surface area (Å²) in [6, 6.07) is 8.30. The molecule has 0 aliphatic rings. The Kier molecular flexibility index (Phi) is 8.31. The summed E-state index contributed by atoms with van der Waals surface area (Å²) in [5.41, 5.74) is 1.22. The van der Waals surface area contributed by atoms with E-state index in [-0.39, 0.29) is 0 Å². The Morgan fingerprint density at radius 1 is 1.28 bits per heavy atom. The molecule has 0 aromatic heterocycles. The quantitative estimate of drug-likeness (QED) is 0.692. The van der Waals surface area contributed by atoms with Gasteiger partial charge in [0.25, 0.3) is 0 Å². The molecule has 102 valence electrons. The van der Waals surface area contributed by atoms with E-state index in [1.807, 2.05) is 12.1 Å². The standard InChI is InChI=1S/C15H24BrNO/c1-3-6-15(11-17-9-4-2)18-12-13-7-5-8-14(16)10-13/h5,7-8,10,15,17H,3-4,6,9,11-12H2,1-2H3. The lowest BCUT2D eigenvalue weighted by Gasteiger charge is -2.18. The fourth-order valence-corrected chi connectivity index (χ4v) is 2.29. The van der Waals surface area contributed by atoms with Gasteiger partial charge in [-0.25, -0.2) is 0 Å². The minimum atomic E-state index is 0.320. The van der Waals surface area contributed by atoms with Crippen molar-refractivity contribution in [1.82, 2.24) is 5.32 Å². The first kappa shape index (κ1) is 15.7. The van der Waals surface area contributed by atoms with Crippen LogP contribution in [0.1, 0.15) is 38.7 Å². The highest BCUT2D eigenvalue weighted by atomic mass is 79.9. The van der Waals surface area contributed by atoms with Gasteiger partial charge in [-0.1, -0.05) is 48.3 Å². The van der Waals surface area contributed by atoms with Crippen LogP contribution in [0.15, 0.2) is 28.7 Å². The lowest BCUT2D eigenvalue weighted by atomic mass is 10.2. The zero-order chi connectivity index (χ0) is 13.2. The molecule has 0 aliphatic carbocycles. The number of benzene rings is 1. The third-order valence-electron chi connectivity index (χ3n) is 2.78. The second-order valence-corrected chi connectivity index (χ2v) is 5.47. The van der Waals surface area contributed by atoms with Crippen LogP contribution in [0.25, 0.3) is 0 Å². The van der Waals surface area contributed by atoms with Crippen LogP contribution >= 0.6 is 15.9 Å². The number of ether oxygens (including phenoxy) is 1. The maximum atomic E-state index is 5.99. The molecule has 1 rings (SSSR count). The van der Waals surface area contributed by atoms with Gasteiger partial charge in [0.1, 0.15) is 0 Å². The Morgan fingerprint density at radius 2 is 2.11 bits per heavy atom. The Labute approximate surface area is 119 Å². The Bertz CT molecular complexity index is 330. The highest BCUT2D eigenvalue weighted by Crippen LogP contribution is 2.13. The van der Waals surface area contributed by atoms with Gasteiger partial charge in [0.2, 0.25) is 0 Å². The zero-order valence-electron chi connectivity index (χ0n) is 11.4. The minimum absolute atomic E-state index is 0.320. The van der Waals surface area contributed by atoms with E-state index in [1.54, 1.807) is 0 Å². The van der Waals surface area contributed by atoms with Crippen LogP contribution in [0.5, 0.6) is 0 Å². The highest BCUT2D eigenvalue weighted by molar-refractivity contribution is 9.10. The average molecular weight is 314 g/mol. The van der Waals surface area contributed by atoms with E-state index in [1.165, 1.54) is 12.0 Å².